The van der Waals surface area contributed by atoms with Gasteiger partial charge in [-0.25, -0.2) is 5.84 Å². The van der Waals surface area contributed by atoms with E-state index < -0.39 is 0 Å². The lowest BCUT2D eigenvalue weighted by Crippen LogP contribution is -2.45. The first-order valence-electron chi connectivity index (χ1n) is 5.87. The molecular formula is C11H23N3O. The molecule has 0 aromatic carbocycles. The Morgan fingerprint density at radius 3 is 2.27 bits per heavy atom. The number of carbonyl (C=O) groups excluding carboxylic acids is 1. The van der Waals surface area contributed by atoms with Gasteiger partial charge in [0.25, 0.3) is 0 Å². The Kier molecular flexibility index (Phi) is 4.54. The molecule has 15 heavy (non-hydrogen) atoms. The Labute approximate surface area is 92.2 Å². The number of likely N-dealkylation sites (tertiary alicyclic amines) is 1. The summed E-state index contributed by atoms with van der Waals surface area (Å²) in [5.41, 5.74) is 2.70. The molecular weight excluding hydrogens is 190 g/mol. The molecule has 0 bridgehead atoms. The smallest absolute Gasteiger partial charge is 0.248 e. The summed E-state index contributed by atoms with van der Waals surface area (Å²) in [5.74, 6) is 4.98. The highest BCUT2D eigenvalue weighted by Gasteiger charge is 2.31. The molecule has 0 aliphatic carbocycles. The van der Waals surface area contributed by atoms with Gasteiger partial charge in [0, 0.05) is 0 Å². The van der Waals surface area contributed by atoms with E-state index in [9.17, 15) is 4.79 Å². The number of nitrogens with one attached hydrogen (secondary N) is 1. The number of piperidine rings is 1. The molecule has 0 unspecified atom stereocenters. The quantitative estimate of drug-likeness (QED) is 0.414. The lowest BCUT2D eigenvalue weighted by Gasteiger charge is -2.40. The molecule has 1 amide bonds. The van der Waals surface area contributed by atoms with Crippen LogP contribution in [0.5, 0.6) is 0 Å². The second-order valence-corrected chi connectivity index (χ2v) is 4.55. The number of rotatable bonds is 4. The minimum absolute atomic E-state index is 0.0875. The van der Waals surface area contributed by atoms with Gasteiger partial charge < -0.3 is 0 Å². The number of amides is 1. The lowest BCUT2D eigenvalue weighted by molar-refractivity contribution is -0.122. The van der Waals surface area contributed by atoms with Gasteiger partial charge in [-0.3, -0.25) is 15.1 Å². The van der Waals surface area contributed by atoms with Gasteiger partial charge in [-0.1, -0.05) is 26.7 Å². The third kappa shape index (κ3) is 3.18. The van der Waals surface area contributed by atoms with Crippen molar-refractivity contribution >= 4 is 5.91 Å². The second kappa shape index (κ2) is 5.47. The van der Waals surface area contributed by atoms with Crippen LogP contribution in [0.15, 0.2) is 0 Å². The lowest BCUT2D eigenvalue weighted by atomic mass is 9.74. The van der Waals surface area contributed by atoms with Crippen molar-refractivity contribution in [2.24, 2.45) is 11.3 Å². The zero-order valence-electron chi connectivity index (χ0n) is 9.88. The van der Waals surface area contributed by atoms with Crippen molar-refractivity contribution in [3.63, 3.8) is 0 Å². The van der Waals surface area contributed by atoms with E-state index in [-0.39, 0.29) is 5.91 Å². The van der Waals surface area contributed by atoms with Gasteiger partial charge in [0.2, 0.25) is 5.91 Å². The van der Waals surface area contributed by atoms with Gasteiger partial charge in [-0.2, -0.15) is 0 Å². The van der Waals surface area contributed by atoms with Crippen LogP contribution in [0.4, 0.5) is 0 Å². The number of hydrazine groups is 1. The summed E-state index contributed by atoms with van der Waals surface area (Å²) in [6, 6.07) is 0. The highest BCUT2D eigenvalue weighted by atomic mass is 16.2. The molecule has 88 valence electrons. The fourth-order valence-electron chi connectivity index (χ4n) is 2.39. The van der Waals surface area contributed by atoms with E-state index in [1.54, 1.807) is 0 Å². The van der Waals surface area contributed by atoms with E-state index in [2.05, 4.69) is 24.2 Å². The van der Waals surface area contributed by atoms with Gasteiger partial charge in [-0.15, -0.1) is 0 Å². The van der Waals surface area contributed by atoms with Crippen LogP contribution < -0.4 is 11.3 Å². The number of carbonyl (C=O) groups is 1. The van der Waals surface area contributed by atoms with Crippen LogP contribution in [-0.4, -0.2) is 30.4 Å². The van der Waals surface area contributed by atoms with Crippen molar-refractivity contribution in [3.8, 4) is 0 Å². The molecule has 1 fully saturated rings. The van der Waals surface area contributed by atoms with Crippen LogP contribution in [0.2, 0.25) is 0 Å². The molecule has 0 saturated carbocycles. The molecule has 0 spiro atoms. The van der Waals surface area contributed by atoms with Gasteiger partial charge in [0.05, 0.1) is 6.54 Å². The molecule has 1 aliphatic rings. The van der Waals surface area contributed by atoms with Crippen molar-refractivity contribution in [2.75, 3.05) is 19.6 Å². The summed E-state index contributed by atoms with van der Waals surface area (Å²) in [6.45, 7) is 7.03. The summed E-state index contributed by atoms with van der Waals surface area (Å²) in [4.78, 5) is 13.3. The van der Waals surface area contributed by atoms with Crippen molar-refractivity contribution in [3.05, 3.63) is 0 Å². The standard InChI is InChI=1S/C11H23N3O/c1-3-11(4-2)5-7-14(8-6-11)9-10(15)13-12/h3-9,12H2,1-2H3,(H,13,15). The average molecular weight is 213 g/mol. The molecule has 1 heterocycles. The number of nitrogens with two attached hydrogens (primary N) is 1. The molecule has 3 N–H and O–H groups in total. The van der Waals surface area contributed by atoms with Gasteiger partial charge in [-0.05, 0) is 31.3 Å². The predicted octanol–water partition coefficient (Wildman–Crippen LogP) is 0.879. The molecule has 4 nitrogen and oxygen atoms in total. The maximum atomic E-state index is 11.1. The largest absolute Gasteiger partial charge is 0.294 e. The summed E-state index contributed by atoms with van der Waals surface area (Å²) in [7, 11) is 0. The summed E-state index contributed by atoms with van der Waals surface area (Å²) in [6.07, 6.45) is 4.91. The Balaban J connectivity index is 2.38. The van der Waals surface area contributed by atoms with Crippen LogP contribution in [0, 0.1) is 5.41 Å². The van der Waals surface area contributed by atoms with Crippen molar-refractivity contribution in [1.82, 2.24) is 10.3 Å². The topological polar surface area (TPSA) is 58.4 Å². The third-order valence-electron chi connectivity index (χ3n) is 3.94. The fourth-order valence-corrected chi connectivity index (χ4v) is 2.39. The SMILES string of the molecule is CCC1(CC)CCN(CC(=O)NN)CC1. The van der Waals surface area contributed by atoms with Gasteiger partial charge in [0.15, 0.2) is 0 Å². The molecule has 1 aliphatic heterocycles. The predicted molar refractivity (Wildman–Crippen MR) is 61.0 cm³/mol. The van der Waals surface area contributed by atoms with Gasteiger partial charge in [0.1, 0.15) is 0 Å². The monoisotopic (exact) mass is 213 g/mol. The van der Waals surface area contributed by atoms with E-state index in [1.165, 1.54) is 25.7 Å². The molecule has 0 aromatic rings. The van der Waals surface area contributed by atoms with Crippen LogP contribution in [0.3, 0.4) is 0 Å². The maximum absolute atomic E-state index is 11.1. The van der Waals surface area contributed by atoms with E-state index in [0.29, 0.717) is 12.0 Å². The minimum atomic E-state index is -0.0875. The minimum Gasteiger partial charge on any atom is -0.294 e. The molecule has 0 radical (unpaired) electrons. The average Bonchev–Trinajstić information content (AvgIpc) is 2.30. The van der Waals surface area contributed by atoms with Crippen LogP contribution in [0.1, 0.15) is 39.5 Å². The van der Waals surface area contributed by atoms with E-state index >= 15 is 0 Å². The summed E-state index contributed by atoms with van der Waals surface area (Å²) >= 11 is 0. The first-order valence-corrected chi connectivity index (χ1v) is 5.87. The van der Waals surface area contributed by atoms with Crippen molar-refractivity contribution in [1.29, 1.82) is 0 Å². The Morgan fingerprint density at radius 2 is 1.87 bits per heavy atom. The number of hydrogen-bond donors (Lipinski definition) is 2. The highest BCUT2D eigenvalue weighted by molar-refractivity contribution is 5.77. The maximum Gasteiger partial charge on any atom is 0.248 e. The third-order valence-corrected chi connectivity index (χ3v) is 3.94. The Bertz CT molecular complexity index is 204. The molecule has 1 saturated heterocycles. The summed E-state index contributed by atoms with van der Waals surface area (Å²) < 4.78 is 0. The Morgan fingerprint density at radius 1 is 1.33 bits per heavy atom. The van der Waals surface area contributed by atoms with Crippen LogP contribution in [-0.2, 0) is 4.79 Å². The molecule has 4 heteroatoms. The van der Waals surface area contributed by atoms with E-state index in [0.717, 1.165) is 13.1 Å². The van der Waals surface area contributed by atoms with Crippen LogP contribution >= 0.6 is 0 Å². The fraction of sp³-hybridized carbons (Fsp3) is 0.909. The Hall–Kier alpha value is -0.610. The number of hydrogen-bond acceptors (Lipinski definition) is 3. The zero-order valence-corrected chi connectivity index (χ0v) is 9.88. The molecule has 0 aromatic heterocycles. The molecule has 0 atom stereocenters. The number of nitrogens with zero attached hydrogens (tertiary/aromatic N) is 1. The normalized spacial score (nSPS) is 21.3. The van der Waals surface area contributed by atoms with Gasteiger partial charge >= 0.3 is 0 Å². The summed E-state index contributed by atoms with van der Waals surface area (Å²) in [5, 5.41) is 0. The molecule has 1 rings (SSSR count). The van der Waals surface area contributed by atoms with Crippen molar-refractivity contribution < 1.29 is 4.79 Å². The first-order chi connectivity index (χ1) is 7.15. The zero-order chi connectivity index (χ0) is 11.3. The van der Waals surface area contributed by atoms with Crippen LogP contribution in [0.25, 0.3) is 0 Å². The highest BCUT2D eigenvalue weighted by Crippen LogP contribution is 2.37. The van der Waals surface area contributed by atoms with Crippen molar-refractivity contribution in [2.45, 2.75) is 39.5 Å². The second-order valence-electron chi connectivity index (χ2n) is 4.55. The van der Waals surface area contributed by atoms with E-state index in [4.69, 9.17) is 5.84 Å². The first kappa shape index (κ1) is 12.5. The van der Waals surface area contributed by atoms with E-state index in [1.807, 2.05) is 0 Å².